The van der Waals surface area contributed by atoms with Crippen LogP contribution in [0, 0.1) is 0 Å². The van der Waals surface area contributed by atoms with E-state index in [2.05, 4.69) is 41.0 Å². The first-order chi connectivity index (χ1) is 11.0. The van der Waals surface area contributed by atoms with Gasteiger partial charge in [0.15, 0.2) is 0 Å². The summed E-state index contributed by atoms with van der Waals surface area (Å²) in [5.74, 6) is 0.454. The zero-order valence-corrected chi connectivity index (χ0v) is 15.1. The van der Waals surface area contributed by atoms with E-state index in [-0.39, 0.29) is 12.0 Å². The zero-order chi connectivity index (χ0) is 18.1. The first-order valence-corrected chi connectivity index (χ1v) is 7.91. The molecule has 24 heavy (non-hydrogen) atoms. The van der Waals surface area contributed by atoms with Crippen LogP contribution in [-0.2, 0) is 17.5 Å². The van der Waals surface area contributed by atoms with Crippen LogP contribution in [0.25, 0.3) is 0 Å². The van der Waals surface area contributed by atoms with Crippen molar-refractivity contribution < 1.29 is 0 Å². The van der Waals surface area contributed by atoms with E-state index in [1.165, 1.54) is 4.57 Å². The lowest BCUT2D eigenvalue weighted by Crippen LogP contribution is -2.40. The normalized spacial score (nSPS) is 12.2. The second-order valence-corrected chi connectivity index (χ2v) is 7.82. The Labute approximate surface area is 141 Å². The molecule has 0 saturated carbocycles. The van der Waals surface area contributed by atoms with Gasteiger partial charge in [0.25, 0.3) is 5.56 Å². The van der Waals surface area contributed by atoms with Crippen LogP contribution < -0.4 is 16.6 Å². The van der Waals surface area contributed by atoms with Gasteiger partial charge in [0.2, 0.25) is 5.95 Å². The molecule has 2 aromatic rings. The molecule has 0 radical (unpaired) electrons. The topological polar surface area (TPSA) is 92.7 Å². The van der Waals surface area contributed by atoms with Gasteiger partial charge in [0.05, 0.1) is 11.3 Å². The number of H-pyrrole nitrogens is 1. The number of anilines is 1. The van der Waals surface area contributed by atoms with Gasteiger partial charge in [0, 0.05) is 29.9 Å². The van der Waals surface area contributed by atoms with Gasteiger partial charge in [-0.05, 0) is 26.8 Å². The molecule has 2 rings (SSSR count). The third-order valence-corrected chi connectivity index (χ3v) is 3.60. The van der Waals surface area contributed by atoms with Gasteiger partial charge in [-0.2, -0.15) is 0 Å². The maximum atomic E-state index is 12.0. The Morgan fingerprint density at radius 1 is 1.17 bits per heavy atom. The van der Waals surface area contributed by atoms with E-state index < -0.39 is 16.8 Å². The highest BCUT2D eigenvalue weighted by atomic mass is 16.2. The molecule has 0 aliphatic rings. The summed E-state index contributed by atoms with van der Waals surface area (Å²) in [6.45, 7) is 12.2. The fourth-order valence-corrected chi connectivity index (χ4v) is 2.17. The molecule has 0 saturated heterocycles. The van der Waals surface area contributed by atoms with Gasteiger partial charge in [-0.1, -0.05) is 20.8 Å². The molecule has 0 atom stereocenters. The second-order valence-electron chi connectivity index (χ2n) is 7.82. The average Bonchev–Trinajstić information content (AvgIpc) is 2.44. The Morgan fingerprint density at radius 3 is 2.42 bits per heavy atom. The minimum Gasteiger partial charge on any atom is -0.350 e. The van der Waals surface area contributed by atoms with Crippen molar-refractivity contribution in [2.75, 3.05) is 5.32 Å². The van der Waals surface area contributed by atoms with Crippen LogP contribution in [0.2, 0.25) is 0 Å². The van der Waals surface area contributed by atoms with Crippen LogP contribution in [0.4, 0.5) is 5.95 Å². The van der Waals surface area contributed by atoms with Gasteiger partial charge in [-0.15, -0.1) is 0 Å². The Morgan fingerprint density at radius 2 is 1.83 bits per heavy atom. The summed E-state index contributed by atoms with van der Waals surface area (Å²) in [6.07, 6.45) is 3.28. The SMILES string of the molecule is CC(C)(C)c1ccnc(NCc2cn(C(C)(C)C)c(=O)[nH]c2=O)n1. The molecule has 7 heteroatoms. The van der Waals surface area contributed by atoms with Crippen molar-refractivity contribution in [3.05, 3.63) is 50.6 Å². The highest BCUT2D eigenvalue weighted by molar-refractivity contribution is 5.29. The number of aromatic nitrogens is 4. The minimum atomic E-state index is -0.418. The van der Waals surface area contributed by atoms with Crippen molar-refractivity contribution in [2.45, 2.75) is 59.0 Å². The van der Waals surface area contributed by atoms with Gasteiger partial charge in [-0.25, -0.2) is 14.8 Å². The number of hydrogen-bond donors (Lipinski definition) is 2. The van der Waals surface area contributed by atoms with Gasteiger partial charge in [0.1, 0.15) is 0 Å². The summed E-state index contributed by atoms with van der Waals surface area (Å²) in [4.78, 5) is 35.0. The fourth-order valence-electron chi connectivity index (χ4n) is 2.17. The molecule has 2 heterocycles. The van der Waals surface area contributed by atoms with E-state index in [0.29, 0.717) is 11.5 Å². The smallest absolute Gasteiger partial charge is 0.328 e. The first-order valence-electron chi connectivity index (χ1n) is 7.91. The maximum Gasteiger partial charge on any atom is 0.328 e. The van der Waals surface area contributed by atoms with E-state index >= 15 is 0 Å². The molecule has 7 nitrogen and oxygen atoms in total. The lowest BCUT2D eigenvalue weighted by atomic mass is 9.92. The summed E-state index contributed by atoms with van der Waals surface area (Å²) < 4.78 is 1.51. The van der Waals surface area contributed by atoms with Crippen LogP contribution >= 0.6 is 0 Å². The molecule has 0 amide bonds. The summed E-state index contributed by atoms with van der Waals surface area (Å²) >= 11 is 0. The molecule has 0 aromatic carbocycles. The molecule has 2 aromatic heterocycles. The summed E-state index contributed by atoms with van der Waals surface area (Å²) in [7, 11) is 0. The Bertz CT molecular complexity index is 838. The van der Waals surface area contributed by atoms with Crippen molar-refractivity contribution in [1.29, 1.82) is 0 Å². The zero-order valence-electron chi connectivity index (χ0n) is 15.1. The molecule has 0 aliphatic heterocycles. The lowest BCUT2D eigenvalue weighted by Gasteiger charge is -2.22. The number of aromatic amines is 1. The van der Waals surface area contributed by atoms with Crippen molar-refractivity contribution in [3.63, 3.8) is 0 Å². The Hall–Kier alpha value is -2.44. The fraction of sp³-hybridized carbons (Fsp3) is 0.529. The van der Waals surface area contributed by atoms with E-state index in [4.69, 9.17) is 0 Å². The average molecular weight is 331 g/mol. The Balaban J connectivity index is 2.27. The second kappa shape index (κ2) is 6.22. The molecule has 2 N–H and O–H groups in total. The van der Waals surface area contributed by atoms with Gasteiger partial charge < -0.3 is 5.32 Å². The summed E-state index contributed by atoms with van der Waals surface area (Å²) in [5, 5.41) is 3.05. The standard InChI is InChI=1S/C17H25N5O2/c1-16(2,3)12-7-8-18-14(20-12)19-9-11-10-22(17(4,5)6)15(24)21-13(11)23/h7-8,10H,9H2,1-6H3,(H,18,19,20)(H,21,23,24). The van der Waals surface area contributed by atoms with Crippen LogP contribution in [0.5, 0.6) is 0 Å². The number of nitrogens with zero attached hydrogens (tertiary/aromatic N) is 3. The third kappa shape index (κ3) is 4.10. The van der Waals surface area contributed by atoms with Gasteiger partial charge >= 0.3 is 5.69 Å². The van der Waals surface area contributed by atoms with E-state index in [0.717, 1.165) is 5.69 Å². The van der Waals surface area contributed by atoms with E-state index in [1.807, 2.05) is 26.8 Å². The lowest BCUT2D eigenvalue weighted by molar-refractivity contribution is 0.374. The summed E-state index contributed by atoms with van der Waals surface area (Å²) in [6, 6.07) is 1.87. The highest BCUT2D eigenvalue weighted by Crippen LogP contribution is 2.20. The van der Waals surface area contributed by atoms with Crippen LogP contribution in [0.1, 0.15) is 52.8 Å². The molecule has 0 aliphatic carbocycles. The van der Waals surface area contributed by atoms with Crippen molar-refractivity contribution in [2.24, 2.45) is 0 Å². The number of nitrogens with one attached hydrogen (secondary N) is 2. The van der Waals surface area contributed by atoms with Crippen molar-refractivity contribution in [1.82, 2.24) is 19.5 Å². The number of hydrogen-bond acceptors (Lipinski definition) is 5. The predicted octanol–water partition coefficient (Wildman–Crippen LogP) is 1.99. The quantitative estimate of drug-likeness (QED) is 0.897. The highest BCUT2D eigenvalue weighted by Gasteiger charge is 2.18. The minimum absolute atomic E-state index is 0.0870. The predicted molar refractivity (Wildman–Crippen MR) is 94.4 cm³/mol. The van der Waals surface area contributed by atoms with Crippen molar-refractivity contribution >= 4 is 5.95 Å². The molecule has 130 valence electrons. The molecule has 0 spiro atoms. The van der Waals surface area contributed by atoms with Crippen LogP contribution in [-0.4, -0.2) is 19.5 Å². The monoisotopic (exact) mass is 331 g/mol. The Kier molecular flexibility index (Phi) is 4.64. The van der Waals surface area contributed by atoms with E-state index in [1.54, 1.807) is 12.4 Å². The first kappa shape index (κ1) is 17.9. The van der Waals surface area contributed by atoms with Crippen LogP contribution in [0.15, 0.2) is 28.0 Å². The molecular weight excluding hydrogens is 306 g/mol. The molecule has 0 unspecified atom stereocenters. The molecular formula is C17H25N5O2. The number of rotatable bonds is 3. The van der Waals surface area contributed by atoms with E-state index in [9.17, 15) is 9.59 Å². The maximum absolute atomic E-state index is 12.0. The van der Waals surface area contributed by atoms with Crippen molar-refractivity contribution in [3.8, 4) is 0 Å². The summed E-state index contributed by atoms with van der Waals surface area (Å²) in [5.41, 5.74) is 0.0414. The van der Waals surface area contributed by atoms with Gasteiger partial charge in [-0.3, -0.25) is 14.3 Å². The third-order valence-electron chi connectivity index (χ3n) is 3.60. The molecule has 0 bridgehead atoms. The molecule has 0 fully saturated rings. The largest absolute Gasteiger partial charge is 0.350 e. The van der Waals surface area contributed by atoms with Crippen LogP contribution in [0.3, 0.4) is 0 Å².